The first-order valence-electron chi connectivity index (χ1n) is 3.37. The van der Waals surface area contributed by atoms with Crippen LogP contribution in [-0.4, -0.2) is 14.3 Å². The van der Waals surface area contributed by atoms with E-state index >= 15 is 0 Å². The van der Waals surface area contributed by atoms with Gasteiger partial charge in [0.2, 0.25) is 0 Å². The average Bonchev–Trinajstić information content (AvgIpc) is 2.53. The van der Waals surface area contributed by atoms with Crippen molar-refractivity contribution in [1.82, 2.24) is 14.3 Å². The molecule has 0 unspecified atom stereocenters. The fourth-order valence-electron chi connectivity index (χ4n) is 0.851. The highest BCUT2D eigenvalue weighted by atomic mass is 79.9. The van der Waals surface area contributed by atoms with Crippen LogP contribution in [0.3, 0.4) is 0 Å². The number of pyridine rings is 1. The van der Waals surface area contributed by atoms with E-state index in [9.17, 15) is 0 Å². The van der Waals surface area contributed by atoms with Crippen LogP contribution in [0, 0.1) is 0 Å². The Balaban J connectivity index is 2.52. The van der Waals surface area contributed by atoms with Crippen molar-refractivity contribution in [1.29, 1.82) is 0 Å². The lowest BCUT2D eigenvalue weighted by Crippen LogP contribution is -1.85. The molecule has 2 aromatic rings. The molecule has 0 bridgehead atoms. The van der Waals surface area contributed by atoms with Crippen molar-refractivity contribution in [2.45, 2.75) is 0 Å². The topological polar surface area (TPSA) is 38.7 Å². The first-order valence-corrected chi connectivity index (χ1v) is 5.73. The summed E-state index contributed by atoms with van der Waals surface area (Å²) in [6.45, 7) is 0. The molecule has 0 aliphatic heterocycles. The zero-order valence-electron chi connectivity index (χ0n) is 6.24. The summed E-state index contributed by atoms with van der Waals surface area (Å²) in [7, 11) is 0. The van der Waals surface area contributed by atoms with Gasteiger partial charge in [0.15, 0.2) is 9.74 Å². The summed E-state index contributed by atoms with van der Waals surface area (Å²) in [6, 6.07) is 3.77. The van der Waals surface area contributed by atoms with Crippen LogP contribution in [0.2, 0.25) is 0 Å². The largest absolute Gasteiger partial charge is 0.252 e. The summed E-state index contributed by atoms with van der Waals surface area (Å²) in [5.74, 6) is 0.643. The molecular weight excluding hydrogens is 318 g/mol. The zero-order chi connectivity index (χ0) is 9.26. The summed E-state index contributed by atoms with van der Waals surface area (Å²) < 4.78 is 5.81. The van der Waals surface area contributed by atoms with Crippen LogP contribution >= 0.6 is 43.4 Å². The first kappa shape index (κ1) is 9.23. The number of hydrogen-bond donors (Lipinski definition) is 0. The van der Waals surface area contributed by atoms with Gasteiger partial charge < -0.3 is 0 Å². The Bertz CT molecular complexity index is 429. The van der Waals surface area contributed by atoms with E-state index in [1.54, 1.807) is 6.20 Å². The maximum absolute atomic E-state index is 4.18. The average molecular weight is 321 g/mol. The third-order valence-electron chi connectivity index (χ3n) is 1.37. The second-order valence-corrected chi connectivity index (χ2v) is 5.09. The van der Waals surface area contributed by atoms with Gasteiger partial charge in [0.25, 0.3) is 0 Å². The van der Waals surface area contributed by atoms with Gasteiger partial charge in [-0.25, -0.2) is 4.98 Å². The quantitative estimate of drug-likeness (QED) is 0.810. The van der Waals surface area contributed by atoms with E-state index in [-0.39, 0.29) is 0 Å². The Morgan fingerprint density at radius 1 is 1.31 bits per heavy atom. The van der Waals surface area contributed by atoms with E-state index in [1.165, 1.54) is 11.5 Å². The highest BCUT2D eigenvalue weighted by Crippen LogP contribution is 2.25. The van der Waals surface area contributed by atoms with Gasteiger partial charge in [0, 0.05) is 10.7 Å². The molecule has 0 saturated carbocycles. The molecule has 2 rings (SSSR count). The second kappa shape index (κ2) is 3.81. The smallest absolute Gasteiger partial charge is 0.193 e. The predicted octanol–water partition coefficient (Wildman–Crippen LogP) is 3.13. The van der Waals surface area contributed by atoms with E-state index < -0.39 is 0 Å². The van der Waals surface area contributed by atoms with E-state index in [0.717, 1.165) is 14.1 Å². The van der Waals surface area contributed by atoms with Gasteiger partial charge in [-0.15, -0.1) is 0 Å². The lowest BCUT2D eigenvalue weighted by molar-refractivity contribution is 1.21. The molecule has 0 aliphatic carbocycles. The minimum atomic E-state index is 0.643. The molecule has 0 amide bonds. The van der Waals surface area contributed by atoms with Gasteiger partial charge in [0.05, 0.1) is 0 Å². The zero-order valence-corrected chi connectivity index (χ0v) is 10.2. The van der Waals surface area contributed by atoms with Gasteiger partial charge in [0.1, 0.15) is 5.69 Å². The SMILES string of the molecule is Brc1nc(-c2ncccc2Br)ns1. The van der Waals surface area contributed by atoms with Gasteiger partial charge in [-0.05, 0) is 55.5 Å². The molecule has 0 fully saturated rings. The molecule has 13 heavy (non-hydrogen) atoms. The number of aromatic nitrogens is 3. The number of hydrogen-bond acceptors (Lipinski definition) is 4. The van der Waals surface area contributed by atoms with Crippen molar-refractivity contribution in [3.05, 3.63) is 26.7 Å². The third kappa shape index (κ3) is 1.95. The summed E-state index contributed by atoms with van der Waals surface area (Å²) in [5, 5.41) is 0. The fourth-order valence-corrected chi connectivity index (χ4v) is 2.09. The Morgan fingerprint density at radius 2 is 2.15 bits per heavy atom. The fraction of sp³-hybridized carbons (Fsp3) is 0. The molecule has 0 aromatic carbocycles. The van der Waals surface area contributed by atoms with Crippen LogP contribution in [0.25, 0.3) is 11.5 Å². The van der Waals surface area contributed by atoms with Crippen LogP contribution < -0.4 is 0 Å². The van der Waals surface area contributed by atoms with E-state index in [4.69, 9.17) is 0 Å². The predicted molar refractivity (Wildman–Crippen MR) is 58.5 cm³/mol. The van der Waals surface area contributed by atoms with Crippen molar-refractivity contribution in [2.75, 3.05) is 0 Å². The lowest BCUT2D eigenvalue weighted by Gasteiger charge is -1.95. The van der Waals surface area contributed by atoms with Gasteiger partial charge in [-0.3, -0.25) is 4.98 Å². The van der Waals surface area contributed by atoms with Gasteiger partial charge in [-0.2, -0.15) is 4.37 Å². The van der Waals surface area contributed by atoms with Crippen molar-refractivity contribution in [3.8, 4) is 11.5 Å². The Hall–Kier alpha value is -0.330. The molecule has 2 aromatic heterocycles. The summed E-state index contributed by atoms with van der Waals surface area (Å²) in [5.41, 5.74) is 0.768. The second-order valence-electron chi connectivity index (χ2n) is 2.20. The molecule has 2 heterocycles. The van der Waals surface area contributed by atoms with Crippen molar-refractivity contribution in [2.24, 2.45) is 0 Å². The Labute approximate surface area is 95.7 Å². The minimum Gasteiger partial charge on any atom is -0.252 e. The van der Waals surface area contributed by atoms with Crippen LogP contribution in [0.1, 0.15) is 0 Å². The maximum Gasteiger partial charge on any atom is 0.193 e. The monoisotopic (exact) mass is 319 g/mol. The summed E-state index contributed by atoms with van der Waals surface area (Å²) >= 11 is 7.95. The van der Waals surface area contributed by atoms with Crippen LogP contribution in [0.15, 0.2) is 26.7 Å². The summed E-state index contributed by atoms with van der Waals surface area (Å²) in [6.07, 6.45) is 1.72. The molecular formula is C7H3Br2N3S. The van der Waals surface area contributed by atoms with Crippen LogP contribution in [0.4, 0.5) is 0 Å². The van der Waals surface area contributed by atoms with Crippen LogP contribution in [-0.2, 0) is 0 Å². The molecule has 0 N–H and O–H groups in total. The maximum atomic E-state index is 4.18. The van der Waals surface area contributed by atoms with Gasteiger partial charge >= 0.3 is 0 Å². The highest BCUT2D eigenvalue weighted by molar-refractivity contribution is 9.11. The number of halogens is 2. The summed E-state index contributed by atoms with van der Waals surface area (Å²) in [4.78, 5) is 8.35. The number of rotatable bonds is 1. The van der Waals surface area contributed by atoms with E-state index in [2.05, 4.69) is 46.2 Å². The molecule has 66 valence electrons. The lowest BCUT2D eigenvalue weighted by atomic mass is 10.3. The standard InChI is InChI=1S/C7H3Br2N3S/c8-4-2-1-3-10-5(4)6-11-7(9)13-12-6/h1-3H. The molecule has 0 radical (unpaired) electrons. The number of nitrogens with zero attached hydrogens (tertiary/aromatic N) is 3. The highest BCUT2D eigenvalue weighted by Gasteiger charge is 2.08. The minimum absolute atomic E-state index is 0.643. The Kier molecular flexibility index (Phi) is 2.71. The first-order chi connectivity index (χ1) is 6.27. The van der Waals surface area contributed by atoms with Crippen molar-refractivity contribution >= 4 is 43.4 Å². The third-order valence-corrected chi connectivity index (χ3v) is 3.13. The molecule has 0 saturated heterocycles. The molecule has 0 spiro atoms. The van der Waals surface area contributed by atoms with E-state index in [0.29, 0.717) is 5.82 Å². The van der Waals surface area contributed by atoms with E-state index in [1.807, 2.05) is 12.1 Å². The normalized spacial score (nSPS) is 10.3. The van der Waals surface area contributed by atoms with Crippen molar-refractivity contribution < 1.29 is 0 Å². The van der Waals surface area contributed by atoms with Crippen molar-refractivity contribution in [3.63, 3.8) is 0 Å². The van der Waals surface area contributed by atoms with Gasteiger partial charge in [-0.1, -0.05) is 0 Å². The molecule has 0 atom stereocenters. The molecule has 0 aliphatic rings. The van der Waals surface area contributed by atoms with Crippen LogP contribution in [0.5, 0.6) is 0 Å². The molecule has 6 heteroatoms. The Morgan fingerprint density at radius 3 is 2.77 bits per heavy atom. The molecule has 3 nitrogen and oxygen atoms in total.